The maximum absolute atomic E-state index is 11.1. The second-order valence-electron chi connectivity index (χ2n) is 5.43. The van der Waals surface area contributed by atoms with Crippen molar-refractivity contribution in [2.45, 2.75) is 38.8 Å². The van der Waals surface area contributed by atoms with Crippen LogP contribution in [0.3, 0.4) is 0 Å². The Morgan fingerprint density at radius 1 is 1.30 bits per heavy atom. The highest BCUT2D eigenvalue weighted by atomic mass is 16.5. The van der Waals surface area contributed by atoms with Gasteiger partial charge in [-0.2, -0.15) is 0 Å². The van der Waals surface area contributed by atoms with Crippen LogP contribution in [0.5, 0.6) is 5.75 Å². The fourth-order valence-electron chi connectivity index (χ4n) is 2.38. The maximum Gasteiger partial charge on any atom is 0.314 e. The van der Waals surface area contributed by atoms with Crippen LogP contribution >= 0.6 is 0 Å². The van der Waals surface area contributed by atoms with Crippen LogP contribution in [0, 0.1) is 0 Å². The van der Waals surface area contributed by atoms with E-state index in [1.165, 1.54) is 0 Å². The third kappa shape index (κ3) is 4.05. The van der Waals surface area contributed by atoms with Crippen LogP contribution in [-0.4, -0.2) is 36.2 Å². The molecule has 20 heavy (non-hydrogen) atoms. The molecular formula is C15H23N3O2. The highest BCUT2D eigenvalue weighted by molar-refractivity contribution is 5.72. The van der Waals surface area contributed by atoms with E-state index in [0.29, 0.717) is 6.04 Å². The number of benzene rings is 1. The van der Waals surface area contributed by atoms with Gasteiger partial charge in [-0.05, 0) is 51.0 Å². The summed E-state index contributed by atoms with van der Waals surface area (Å²) in [6, 6.07) is 8.07. The number of carbonyl (C=O) groups excluding carboxylic acids is 1. The van der Waals surface area contributed by atoms with Crippen LogP contribution in [0.2, 0.25) is 0 Å². The molecule has 110 valence electrons. The van der Waals surface area contributed by atoms with Crippen molar-refractivity contribution < 1.29 is 9.53 Å². The van der Waals surface area contributed by atoms with E-state index in [9.17, 15) is 4.79 Å². The molecule has 0 bridgehead atoms. The lowest BCUT2D eigenvalue weighted by Gasteiger charge is -2.31. The Bertz CT molecular complexity index is 437. The van der Waals surface area contributed by atoms with Gasteiger partial charge in [0.15, 0.2) is 0 Å². The molecule has 0 aliphatic carbocycles. The molecule has 1 aromatic rings. The topological polar surface area (TPSA) is 67.6 Å². The molecule has 1 aliphatic heterocycles. The zero-order chi connectivity index (χ0) is 14.5. The molecule has 0 atom stereocenters. The molecule has 3 N–H and O–H groups in total. The summed E-state index contributed by atoms with van der Waals surface area (Å²) in [6.45, 7) is 5.47. The van der Waals surface area contributed by atoms with E-state index in [4.69, 9.17) is 10.5 Å². The molecule has 0 radical (unpaired) electrons. The molecule has 1 heterocycles. The molecule has 1 aliphatic rings. The molecule has 1 aromatic carbocycles. The van der Waals surface area contributed by atoms with E-state index in [1.54, 1.807) is 4.90 Å². The number of amides is 2. The molecule has 1 saturated heterocycles. The normalized spacial score (nSPS) is 16.2. The van der Waals surface area contributed by atoms with Crippen LogP contribution in [0.4, 0.5) is 10.5 Å². The second-order valence-corrected chi connectivity index (χ2v) is 5.43. The predicted octanol–water partition coefficient (Wildman–Crippen LogP) is 2.43. The van der Waals surface area contributed by atoms with Crippen molar-refractivity contribution >= 4 is 11.7 Å². The number of anilines is 1. The predicted molar refractivity (Wildman–Crippen MR) is 80.0 cm³/mol. The number of carbonyl (C=O) groups is 1. The van der Waals surface area contributed by atoms with E-state index < -0.39 is 0 Å². The Morgan fingerprint density at radius 3 is 2.40 bits per heavy atom. The molecule has 0 aromatic heterocycles. The van der Waals surface area contributed by atoms with E-state index in [1.807, 2.05) is 38.1 Å². The largest absolute Gasteiger partial charge is 0.491 e. The van der Waals surface area contributed by atoms with E-state index in [0.717, 1.165) is 37.4 Å². The van der Waals surface area contributed by atoms with Gasteiger partial charge in [0.1, 0.15) is 5.75 Å². The molecule has 0 unspecified atom stereocenters. The van der Waals surface area contributed by atoms with Crippen molar-refractivity contribution in [2.75, 3.05) is 18.4 Å². The Labute approximate surface area is 120 Å². The van der Waals surface area contributed by atoms with E-state index >= 15 is 0 Å². The third-order valence-corrected chi connectivity index (χ3v) is 3.40. The van der Waals surface area contributed by atoms with Gasteiger partial charge in [-0.1, -0.05) is 0 Å². The van der Waals surface area contributed by atoms with Crippen LogP contribution in [0.1, 0.15) is 26.7 Å². The van der Waals surface area contributed by atoms with Crippen molar-refractivity contribution in [3.63, 3.8) is 0 Å². The van der Waals surface area contributed by atoms with Crippen molar-refractivity contribution in [1.29, 1.82) is 0 Å². The highest BCUT2D eigenvalue weighted by Gasteiger charge is 2.20. The third-order valence-electron chi connectivity index (χ3n) is 3.40. The first-order chi connectivity index (χ1) is 9.54. The number of primary amides is 1. The van der Waals surface area contributed by atoms with Crippen LogP contribution in [0.25, 0.3) is 0 Å². The number of nitrogens with two attached hydrogens (primary N) is 1. The number of urea groups is 1. The average Bonchev–Trinajstić information content (AvgIpc) is 2.41. The molecule has 0 saturated carbocycles. The lowest BCUT2D eigenvalue weighted by molar-refractivity contribution is 0.193. The summed E-state index contributed by atoms with van der Waals surface area (Å²) >= 11 is 0. The van der Waals surface area contributed by atoms with Gasteiger partial charge in [0.05, 0.1) is 6.10 Å². The number of nitrogens with zero attached hydrogens (tertiary/aromatic N) is 1. The number of nitrogens with one attached hydrogen (secondary N) is 1. The highest BCUT2D eigenvalue weighted by Crippen LogP contribution is 2.20. The Hall–Kier alpha value is -1.91. The average molecular weight is 277 g/mol. The lowest BCUT2D eigenvalue weighted by Crippen LogP contribution is -2.44. The first-order valence-corrected chi connectivity index (χ1v) is 7.12. The van der Waals surface area contributed by atoms with Crippen molar-refractivity contribution in [3.05, 3.63) is 24.3 Å². The quantitative estimate of drug-likeness (QED) is 0.888. The fourth-order valence-corrected chi connectivity index (χ4v) is 2.38. The Balaban J connectivity index is 1.83. The number of hydrogen-bond acceptors (Lipinski definition) is 3. The van der Waals surface area contributed by atoms with E-state index in [-0.39, 0.29) is 12.1 Å². The fraction of sp³-hybridized carbons (Fsp3) is 0.533. The number of hydrogen-bond donors (Lipinski definition) is 2. The molecular weight excluding hydrogens is 254 g/mol. The van der Waals surface area contributed by atoms with Crippen LogP contribution in [-0.2, 0) is 0 Å². The van der Waals surface area contributed by atoms with Gasteiger partial charge in [0.2, 0.25) is 0 Å². The summed E-state index contributed by atoms with van der Waals surface area (Å²) in [5.74, 6) is 0.883. The summed E-state index contributed by atoms with van der Waals surface area (Å²) in [4.78, 5) is 12.8. The molecule has 0 spiro atoms. The zero-order valence-electron chi connectivity index (χ0n) is 12.1. The smallest absolute Gasteiger partial charge is 0.314 e. The summed E-state index contributed by atoms with van der Waals surface area (Å²) < 4.78 is 5.61. The molecule has 2 rings (SSSR count). The summed E-state index contributed by atoms with van der Waals surface area (Å²) in [6.07, 6.45) is 2.03. The molecule has 1 fully saturated rings. The summed E-state index contributed by atoms with van der Waals surface area (Å²) in [5, 5.41) is 3.49. The van der Waals surface area contributed by atoms with Crippen molar-refractivity contribution in [3.8, 4) is 5.75 Å². The Kier molecular flexibility index (Phi) is 4.71. The second kappa shape index (κ2) is 6.50. The number of likely N-dealkylation sites (tertiary alicyclic amines) is 1. The maximum atomic E-state index is 11.1. The molecule has 2 amide bonds. The summed E-state index contributed by atoms with van der Waals surface area (Å²) in [5.41, 5.74) is 6.36. The van der Waals surface area contributed by atoms with E-state index in [2.05, 4.69) is 5.32 Å². The number of ether oxygens (including phenoxy) is 1. The van der Waals surface area contributed by atoms with Gasteiger partial charge >= 0.3 is 6.03 Å². The summed E-state index contributed by atoms with van der Waals surface area (Å²) in [7, 11) is 0. The van der Waals surface area contributed by atoms with Crippen LogP contribution in [0.15, 0.2) is 24.3 Å². The monoisotopic (exact) mass is 277 g/mol. The number of piperidine rings is 1. The number of rotatable bonds is 4. The molecule has 5 heteroatoms. The standard InChI is InChI=1S/C15H23N3O2/c1-11(2)20-14-5-3-12(4-6-14)17-13-7-9-18(10-8-13)15(16)19/h3-6,11,13,17H,7-10H2,1-2H3,(H2,16,19). The van der Waals surface area contributed by atoms with Gasteiger partial charge in [-0.3, -0.25) is 0 Å². The van der Waals surface area contributed by atoms with Crippen LogP contribution < -0.4 is 15.8 Å². The zero-order valence-corrected chi connectivity index (χ0v) is 12.1. The van der Waals surface area contributed by atoms with Crippen molar-refractivity contribution in [1.82, 2.24) is 4.90 Å². The lowest BCUT2D eigenvalue weighted by atomic mass is 10.0. The Morgan fingerprint density at radius 2 is 1.90 bits per heavy atom. The van der Waals surface area contributed by atoms with Gasteiger partial charge in [-0.15, -0.1) is 0 Å². The van der Waals surface area contributed by atoms with Gasteiger partial charge in [-0.25, -0.2) is 4.79 Å². The minimum Gasteiger partial charge on any atom is -0.491 e. The minimum atomic E-state index is -0.321. The van der Waals surface area contributed by atoms with Gasteiger partial charge < -0.3 is 20.7 Å². The first-order valence-electron chi connectivity index (χ1n) is 7.12. The SMILES string of the molecule is CC(C)Oc1ccc(NC2CCN(C(N)=O)CC2)cc1. The molecule has 5 nitrogen and oxygen atoms in total. The van der Waals surface area contributed by atoms with Gasteiger partial charge in [0.25, 0.3) is 0 Å². The van der Waals surface area contributed by atoms with Crippen molar-refractivity contribution in [2.24, 2.45) is 5.73 Å². The minimum absolute atomic E-state index is 0.187. The van der Waals surface area contributed by atoms with Gasteiger partial charge in [0, 0.05) is 24.8 Å². The first kappa shape index (κ1) is 14.5.